The van der Waals surface area contributed by atoms with Crippen LogP contribution in [0, 0.1) is 0 Å². The third kappa shape index (κ3) is 53.2. The van der Waals surface area contributed by atoms with Gasteiger partial charge in [-0.15, -0.1) is 0 Å². The molecule has 0 N–H and O–H groups in total. The van der Waals surface area contributed by atoms with Crippen molar-refractivity contribution in [2.24, 2.45) is 0 Å². The second-order valence-corrected chi connectivity index (χ2v) is 17.7. The Hall–Kier alpha value is -3.44. The third-order valence-corrected chi connectivity index (χ3v) is 11.3. The lowest BCUT2D eigenvalue weighted by Gasteiger charge is -2.18. The summed E-state index contributed by atoms with van der Waals surface area (Å²) < 4.78 is 17.4. The Kier molecular flexibility index (Phi) is 53.0. The molecule has 0 amide bonds. The Morgan fingerprint density at radius 1 is 0.348 bits per heavy atom. The van der Waals surface area contributed by atoms with Crippen molar-refractivity contribution in [1.29, 1.82) is 0 Å². The molecular weight excluding hydrogens is 813 g/mol. The van der Waals surface area contributed by atoms with Crippen molar-refractivity contribution in [3.8, 4) is 0 Å². The summed E-state index contributed by atoms with van der Waals surface area (Å²) in [7, 11) is 0. The van der Waals surface area contributed by atoms with Crippen LogP contribution < -0.4 is 0 Å². The molecule has 0 heterocycles. The Balaban J connectivity index is 4.40. The standard InChI is InChI=1S/C61H102O5/c1-4-7-10-13-16-19-22-25-28-30-31-32-34-36-39-42-45-48-51-54-60(62)65-58-59(57-64-56-53-50-47-44-41-38-35-29-26-23-20-17-14-11-8-5-2)66-61(63)55-52-49-46-43-40-37-33-27-24-21-18-15-12-9-6-3/h7,9-10,12,16,18-19,21,25,27-28,31-33,36,39-40,43,59H,4-6,8,11,13-15,17,20,22-24,26,29-30,34-35,37-38,41-42,44-58H2,1-3H3/b10-7-,12-9-,19-16-,21-18-,28-25-,32-31-,33-27-,39-36-,43-40-. The van der Waals surface area contributed by atoms with Crippen LogP contribution >= 0.6 is 0 Å². The van der Waals surface area contributed by atoms with E-state index >= 15 is 0 Å². The van der Waals surface area contributed by atoms with Gasteiger partial charge in [0.05, 0.1) is 6.61 Å². The number of ether oxygens (including phenoxy) is 3. The zero-order valence-corrected chi connectivity index (χ0v) is 43.2. The number of unbranched alkanes of at least 4 members (excludes halogenated alkanes) is 20. The van der Waals surface area contributed by atoms with Crippen molar-refractivity contribution in [3.63, 3.8) is 0 Å². The maximum atomic E-state index is 12.8. The van der Waals surface area contributed by atoms with Gasteiger partial charge in [0.2, 0.25) is 0 Å². The smallest absolute Gasteiger partial charge is 0.306 e. The molecule has 0 fully saturated rings. The van der Waals surface area contributed by atoms with E-state index in [1.165, 1.54) is 89.9 Å². The SMILES string of the molecule is CC/C=C\C/C=C\C/C=C\C/C=C\C/C=C\CCCCCC(=O)OCC(COCCCCCCCCCCCCCCCCCC)OC(=O)CCCC/C=C\C/C=C\C/C=C\C/C=C\CC. The van der Waals surface area contributed by atoms with E-state index in [1.54, 1.807) is 0 Å². The molecule has 0 spiro atoms. The van der Waals surface area contributed by atoms with Crippen LogP contribution in [-0.2, 0) is 23.8 Å². The van der Waals surface area contributed by atoms with Crippen molar-refractivity contribution in [1.82, 2.24) is 0 Å². The summed E-state index contributed by atoms with van der Waals surface area (Å²) in [6.45, 7) is 7.53. The summed E-state index contributed by atoms with van der Waals surface area (Å²) in [5.74, 6) is -0.482. The molecule has 0 aromatic heterocycles. The molecule has 5 heteroatoms. The summed E-state index contributed by atoms with van der Waals surface area (Å²) >= 11 is 0. The Morgan fingerprint density at radius 3 is 1.11 bits per heavy atom. The van der Waals surface area contributed by atoms with E-state index < -0.39 is 6.10 Å². The van der Waals surface area contributed by atoms with Gasteiger partial charge in [-0.1, -0.05) is 233 Å². The zero-order chi connectivity index (χ0) is 47.7. The average molecular weight is 915 g/mol. The van der Waals surface area contributed by atoms with Crippen molar-refractivity contribution in [2.75, 3.05) is 19.8 Å². The molecule has 1 atom stereocenters. The lowest BCUT2D eigenvalue weighted by atomic mass is 10.0. The Labute approximate surface area is 408 Å². The van der Waals surface area contributed by atoms with Crippen molar-refractivity contribution >= 4 is 11.9 Å². The van der Waals surface area contributed by atoms with Crippen LogP contribution in [0.15, 0.2) is 109 Å². The van der Waals surface area contributed by atoms with Crippen molar-refractivity contribution < 1.29 is 23.8 Å². The molecule has 0 bridgehead atoms. The van der Waals surface area contributed by atoms with Crippen LogP contribution in [0.1, 0.15) is 239 Å². The lowest BCUT2D eigenvalue weighted by Crippen LogP contribution is -2.30. The molecular formula is C61H102O5. The molecule has 1 unspecified atom stereocenters. The maximum Gasteiger partial charge on any atom is 0.306 e. The van der Waals surface area contributed by atoms with Gasteiger partial charge in [-0.25, -0.2) is 0 Å². The van der Waals surface area contributed by atoms with Gasteiger partial charge in [-0.3, -0.25) is 9.59 Å². The minimum absolute atomic E-state index is 0.0471. The van der Waals surface area contributed by atoms with Crippen LogP contribution in [0.2, 0.25) is 0 Å². The van der Waals surface area contributed by atoms with Crippen molar-refractivity contribution in [2.45, 2.75) is 245 Å². The highest BCUT2D eigenvalue weighted by Gasteiger charge is 2.17. The van der Waals surface area contributed by atoms with E-state index in [-0.39, 0.29) is 25.2 Å². The van der Waals surface area contributed by atoms with E-state index in [0.717, 1.165) is 116 Å². The largest absolute Gasteiger partial charge is 0.462 e. The molecule has 0 saturated carbocycles. The Morgan fingerprint density at radius 2 is 0.682 bits per heavy atom. The van der Waals surface area contributed by atoms with Crippen molar-refractivity contribution in [3.05, 3.63) is 109 Å². The summed E-state index contributed by atoms with van der Waals surface area (Å²) in [5, 5.41) is 0. The molecule has 376 valence electrons. The van der Waals surface area contributed by atoms with Gasteiger partial charge >= 0.3 is 11.9 Å². The number of hydrogen-bond donors (Lipinski definition) is 0. The van der Waals surface area contributed by atoms with Gasteiger partial charge in [0.15, 0.2) is 6.10 Å². The monoisotopic (exact) mass is 915 g/mol. The van der Waals surface area contributed by atoms with Crippen LogP contribution in [0.25, 0.3) is 0 Å². The molecule has 0 aromatic carbocycles. The first-order chi connectivity index (χ1) is 32.6. The van der Waals surface area contributed by atoms with E-state index in [9.17, 15) is 9.59 Å². The van der Waals surface area contributed by atoms with Gasteiger partial charge < -0.3 is 14.2 Å². The normalized spacial score (nSPS) is 13.1. The molecule has 0 aliphatic heterocycles. The van der Waals surface area contributed by atoms with Gasteiger partial charge in [-0.05, 0) is 103 Å². The molecule has 0 aromatic rings. The predicted molar refractivity (Wildman–Crippen MR) is 288 cm³/mol. The van der Waals surface area contributed by atoms with Gasteiger partial charge in [-0.2, -0.15) is 0 Å². The minimum Gasteiger partial charge on any atom is -0.462 e. The summed E-state index contributed by atoms with van der Waals surface area (Å²) in [6.07, 6.45) is 76.8. The van der Waals surface area contributed by atoms with Gasteiger partial charge in [0.25, 0.3) is 0 Å². The maximum absolute atomic E-state index is 12.8. The quantitative estimate of drug-likeness (QED) is 0.0346. The fraction of sp³-hybridized carbons (Fsp3) is 0.672. The number of allylic oxidation sites excluding steroid dienone is 18. The molecule has 0 saturated heterocycles. The van der Waals surface area contributed by atoms with Crippen LogP contribution in [0.3, 0.4) is 0 Å². The molecule has 66 heavy (non-hydrogen) atoms. The van der Waals surface area contributed by atoms with Crippen LogP contribution in [0.4, 0.5) is 0 Å². The molecule has 0 aliphatic carbocycles. The number of rotatable bonds is 49. The van der Waals surface area contributed by atoms with Gasteiger partial charge in [0, 0.05) is 19.4 Å². The second kappa shape index (κ2) is 55.9. The van der Waals surface area contributed by atoms with E-state index in [2.05, 4.69) is 130 Å². The number of carbonyl (C=O) groups is 2. The van der Waals surface area contributed by atoms with E-state index in [1.807, 2.05) is 0 Å². The third-order valence-electron chi connectivity index (χ3n) is 11.3. The number of hydrogen-bond acceptors (Lipinski definition) is 5. The predicted octanol–water partition coefficient (Wildman–Crippen LogP) is 18.8. The number of esters is 2. The highest BCUT2D eigenvalue weighted by molar-refractivity contribution is 5.70. The summed E-state index contributed by atoms with van der Waals surface area (Å²) in [4.78, 5) is 25.4. The first kappa shape index (κ1) is 62.6. The molecule has 5 nitrogen and oxygen atoms in total. The minimum atomic E-state index is -0.577. The summed E-state index contributed by atoms with van der Waals surface area (Å²) in [5.41, 5.74) is 0. The fourth-order valence-electron chi connectivity index (χ4n) is 7.29. The summed E-state index contributed by atoms with van der Waals surface area (Å²) in [6, 6.07) is 0. The lowest BCUT2D eigenvalue weighted by molar-refractivity contribution is -0.163. The fourth-order valence-corrected chi connectivity index (χ4v) is 7.29. The molecule has 0 rings (SSSR count). The number of carbonyl (C=O) groups excluding carboxylic acids is 2. The first-order valence-corrected chi connectivity index (χ1v) is 27.4. The van der Waals surface area contributed by atoms with E-state index in [4.69, 9.17) is 14.2 Å². The highest BCUT2D eigenvalue weighted by Crippen LogP contribution is 2.14. The second-order valence-electron chi connectivity index (χ2n) is 17.7. The van der Waals surface area contributed by atoms with Gasteiger partial charge in [0.1, 0.15) is 6.61 Å². The van der Waals surface area contributed by atoms with E-state index in [0.29, 0.717) is 19.4 Å². The zero-order valence-electron chi connectivity index (χ0n) is 43.2. The highest BCUT2D eigenvalue weighted by atomic mass is 16.6. The Bertz CT molecular complexity index is 1310. The molecule has 0 aliphatic rings. The molecule has 0 radical (unpaired) electrons. The van der Waals surface area contributed by atoms with Crippen LogP contribution in [0.5, 0.6) is 0 Å². The topological polar surface area (TPSA) is 61.8 Å². The first-order valence-electron chi connectivity index (χ1n) is 27.4. The average Bonchev–Trinajstić information content (AvgIpc) is 3.32. The van der Waals surface area contributed by atoms with Crippen LogP contribution in [-0.4, -0.2) is 37.9 Å².